The molecule has 1 aromatic rings. The topological polar surface area (TPSA) is 78.5 Å². The first-order valence-electron chi connectivity index (χ1n) is 3.81. The van der Waals surface area contributed by atoms with E-state index in [4.69, 9.17) is 4.74 Å². The van der Waals surface area contributed by atoms with Crippen LogP contribution in [0.15, 0.2) is 18.2 Å². The molecule has 0 unspecified atom stereocenters. The van der Waals surface area contributed by atoms with E-state index in [0.29, 0.717) is 11.3 Å². The Morgan fingerprint density at radius 1 is 1.40 bits per heavy atom. The molecule has 0 fully saturated rings. The smallest absolute Gasteiger partial charge is 0.731 e. The standard InChI is InChI=1S/C8H11NO4S.Na/c1-6-4-3-5-7(13-2)8(6)9-14(10,11)12;/h3-5,9H,1-2H3,(H,10,11,12);/q;+1/p-1. The quantitative estimate of drug-likeness (QED) is 0.483. The minimum Gasteiger partial charge on any atom is -0.731 e. The van der Waals surface area contributed by atoms with Gasteiger partial charge in [0.1, 0.15) is 5.75 Å². The van der Waals surface area contributed by atoms with E-state index < -0.39 is 10.3 Å². The second-order valence-corrected chi connectivity index (χ2v) is 3.82. The number of methoxy groups -OCH3 is 1. The molecule has 0 aliphatic rings. The second-order valence-electron chi connectivity index (χ2n) is 2.71. The number of hydrogen-bond donors (Lipinski definition) is 1. The molecule has 0 amide bonds. The minimum absolute atomic E-state index is 0. The third-order valence-electron chi connectivity index (χ3n) is 1.68. The van der Waals surface area contributed by atoms with Crippen molar-refractivity contribution < 1.29 is 47.3 Å². The first-order valence-corrected chi connectivity index (χ1v) is 5.22. The van der Waals surface area contributed by atoms with Gasteiger partial charge in [-0.05, 0) is 18.6 Å². The van der Waals surface area contributed by atoms with Crippen LogP contribution in [0.5, 0.6) is 5.75 Å². The molecule has 0 aliphatic heterocycles. The molecule has 78 valence electrons. The summed E-state index contributed by atoms with van der Waals surface area (Å²) in [4.78, 5) is 0. The summed E-state index contributed by atoms with van der Waals surface area (Å²) in [5, 5.41) is 0. The number of benzene rings is 1. The van der Waals surface area contributed by atoms with Crippen LogP contribution < -0.4 is 39.0 Å². The maximum atomic E-state index is 10.5. The minimum atomic E-state index is -4.51. The number of rotatable bonds is 3. The zero-order valence-electron chi connectivity index (χ0n) is 8.77. The predicted molar refractivity (Wildman–Crippen MR) is 51.1 cm³/mol. The van der Waals surface area contributed by atoms with Crippen LogP contribution in [0.2, 0.25) is 0 Å². The molecule has 1 aromatic carbocycles. The number of para-hydroxylation sites is 1. The second kappa shape index (κ2) is 5.72. The fourth-order valence-corrected chi connectivity index (χ4v) is 1.58. The first kappa shape index (κ1) is 14.7. The molecular weight excluding hydrogens is 229 g/mol. The molecule has 0 atom stereocenters. The number of hydrogen-bond acceptors (Lipinski definition) is 4. The van der Waals surface area contributed by atoms with Crippen molar-refractivity contribution in [1.29, 1.82) is 0 Å². The van der Waals surface area contributed by atoms with E-state index >= 15 is 0 Å². The van der Waals surface area contributed by atoms with Crippen LogP contribution in [-0.2, 0) is 10.3 Å². The van der Waals surface area contributed by atoms with Crippen LogP contribution in [0.3, 0.4) is 0 Å². The van der Waals surface area contributed by atoms with E-state index in [1.807, 2.05) is 4.72 Å². The fraction of sp³-hybridized carbons (Fsp3) is 0.250. The average molecular weight is 239 g/mol. The summed E-state index contributed by atoms with van der Waals surface area (Å²) in [5.74, 6) is 0.324. The van der Waals surface area contributed by atoms with E-state index in [1.54, 1.807) is 25.1 Å². The van der Waals surface area contributed by atoms with Crippen molar-refractivity contribution in [2.24, 2.45) is 0 Å². The van der Waals surface area contributed by atoms with Gasteiger partial charge in [-0.25, -0.2) is 8.42 Å². The van der Waals surface area contributed by atoms with Gasteiger partial charge in [-0.1, -0.05) is 12.1 Å². The van der Waals surface area contributed by atoms with Crippen molar-refractivity contribution >= 4 is 16.0 Å². The normalized spacial score (nSPS) is 10.3. The monoisotopic (exact) mass is 239 g/mol. The van der Waals surface area contributed by atoms with Crippen LogP contribution in [0.4, 0.5) is 5.69 Å². The zero-order chi connectivity index (χ0) is 10.8. The number of nitrogens with one attached hydrogen (secondary N) is 1. The Balaban J connectivity index is 0.00000196. The van der Waals surface area contributed by atoms with Gasteiger partial charge in [0, 0.05) is 0 Å². The van der Waals surface area contributed by atoms with Gasteiger partial charge in [0.15, 0.2) is 10.3 Å². The largest absolute Gasteiger partial charge is 1.00 e. The predicted octanol–water partition coefficient (Wildman–Crippen LogP) is -2.12. The molecule has 1 N–H and O–H groups in total. The fourth-order valence-electron chi connectivity index (χ4n) is 1.07. The maximum Gasteiger partial charge on any atom is 1.00 e. The zero-order valence-corrected chi connectivity index (χ0v) is 11.6. The summed E-state index contributed by atoms with van der Waals surface area (Å²) in [6.45, 7) is 1.68. The van der Waals surface area contributed by atoms with Crippen molar-refractivity contribution in [2.45, 2.75) is 6.92 Å². The Kier molecular flexibility index (Phi) is 5.61. The van der Waals surface area contributed by atoms with Crippen LogP contribution in [0.1, 0.15) is 5.56 Å². The average Bonchev–Trinajstić information content (AvgIpc) is 2.06. The van der Waals surface area contributed by atoms with Gasteiger partial charge in [0.2, 0.25) is 0 Å². The van der Waals surface area contributed by atoms with E-state index in [9.17, 15) is 13.0 Å². The van der Waals surface area contributed by atoms with Gasteiger partial charge in [-0.15, -0.1) is 0 Å². The molecule has 0 radical (unpaired) electrons. The molecule has 5 nitrogen and oxygen atoms in total. The van der Waals surface area contributed by atoms with Crippen LogP contribution in [0.25, 0.3) is 0 Å². The number of anilines is 1. The molecule has 0 saturated heterocycles. The summed E-state index contributed by atoms with van der Waals surface area (Å²) in [7, 11) is -3.11. The van der Waals surface area contributed by atoms with Crippen molar-refractivity contribution in [3.63, 3.8) is 0 Å². The van der Waals surface area contributed by atoms with Gasteiger partial charge < -0.3 is 9.29 Å². The number of aryl methyl sites for hydroxylation is 1. The molecule has 0 saturated carbocycles. The molecule has 1 rings (SSSR count). The summed E-state index contributed by atoms with van der Waals surface area (Å²) in [5.41, 5.74) is 0.814. The molecule has 0 aliphatic carbocycles. The van der Waals surface area contributed by atoms with Crippen molar-refractivity contribution in [1.82, 2.24) is 0 Å². The van der Waals surface area contributed by atoms with E-state index in [-0.39, 0.29) is 35.2 Å². The Morgan fingerprint density at radius 2 is 2.00 bits per heavy atom. The van der Waals surface area contributed by atoms with Crippen LogP contribution in [0, 0.1) is 6.92 Å². The third-order valence-corrected chi connectivity index (χ3v) is 2.14. The van der Waals surface area contributed by atoms with Gasteiger partial charge in [0.25, 0.3) is 0 Å². The SMILES string of the molecule is COc1cccc(C)c1NS(=O)(=O)[O-].[Na+]. The molecule has 7 heteroatoms. The number of ether oxygens (including phenoxy) is 1. The Labute approximate surface area is 111 Å². The summed E-state index contributed by atoms with van der Waals surface area (Å²) < 4.78 is 38.3. The molecule has 0 spiro atoms. The van der Waals surface area contributed by atoms with Crippen LogP contribution >= 0.6 is 0 Å². The Hall–Kier alpha value is -0.270. The Morgan fingerprint density at radius 3 is 2.47 bits per heavy atom. The van der Waals surface area contributed by atoms with Gasteiger partial charge >= 0.3 is 29.6 Å². The van der Waals surface area contributed by atoms with Crippen molar-refractivity contribution in [3.05, 3.63) is 23.8 Å². The molecule has 0 heterocycles. The van der Waals surface area contributed by atoms with Gasteiger partial charge in [0.05, 0.1) is 12.8 Å². The molecule has 15 heavy (non-hydrogen) atoms. The maximum absolute atomic E-state index is 10.5. The van der Waals surface area contributed by atoms with E-state index in [1.165, 1.54) is 7.11 Å². The van der Waals surface area contributed by atoms with Gasteiger partial charge in [-0.3, -0.25) is 4.72 Å². The van der Waals surface area contributed by atoms with E-state index in [2.05, 4.69) is 0 Å². The van der Waals surface area contributed by atoms with Crippen LogP contribution in [-0.4, -0.2) is 20.1 Å². The van der Waals surface area contributed by atoms with Crippen molar-refractivity contribution in [2.75, 3.05) is 11.8 Å². The van der Waals surface area contributed by atoms with Gasteiger partial charge in [-0.2, -0.15) is 0 Å². The third kappa shape index (κ3) is 4.40. The summed E-state index contributed by atoms with van der Waals surface area (Å²) >= 11 is 0. The molecule has 0 aromatic heterocycles. The summed E-state index contributed by atoms with van der Waals surface area (Å²) in [6.07, 6.45) is 0. The van der Waals surface area contributed by atoms with Crippen molar-refractivity contribution in [3.8, 4) is 5.75 Å². The molecular formula is C8H10NNaO4S. The summed E-state index contributed by atoms with van der Waals surface area (Å²) in [6, 6.07) is 4.95. The van der Waals surface area contributed by atoms with E-state index in [0.717, 1.165) is 0 Å². The molecule has 0 bridgehead atoms. The Bertz CT molecular complexity index is 432. The first-order chi connectivity index (χ1) is 6.44.